The Hall–Kier alpha value is -0.380. The second kappa shape index (κ2) is 4.95. The summed E-state index contributed by atoms with van der Waals surface area (Å²) in [7, 11) is 0. The van der Waals surface area contributed by atoms with Gasteiger partial charge < -0.3 is 0 Å². The van der Waals surface area contributed by atoms with Gasteiger partial charge in [0.2, 0.25) is 0 Å². The number of Topliss-reactive ketones (excluding diaryl/α,β-unsaturated/α-hetero) is 1. The SMILES string of the molecule is O=C(c1ccc(Cl)s1)C1(N2CCCC2)CCCC1. The van der Waals surface area contributed by atoms with Gasteiger partial charge in [-0.25, -0.2) is 0 Å². The average molecular weight is 284 g/mol. The van der Waals surface area contributed by atoms with Crippen molar-refractivity contribution in [1.82, 2.24) is 4.90 Å². The molecule has 4 heteroatoms. The zero-order valence-corrected chi connectivity index (χ0v) is 12.0. The number of likely N-dealkylation sites (tertiary alicyclic amines) is 1. The fourth-order valence-corrected chi connectivity index (χ4v) is 4.53. The first-order valence-corrected chi connectivity index (χ1v) is 7.97. The summed E-state index contributed by atoms with van der Waals surface area (Å²) in [6.07, 6.45) is 6.89. The highest BCUT2D eigenvalue weighted by Gasteiger charge is 2.47. The molecule has 98 valence electrons. The van der Waals surface area contributed by atoms with Gasteiger partial charge in [-0.05, 0) is 50.9 Å². The van der Waals surface area contributed by atoms with Gasteiger partial charge in [0.1, 0.15) is 0 Å². The topological polar surface area (TPSA) is 20.3 Å². The van der Waals surface area contributed by atoms with Crippen LogP contribution < -0.4 is 0 Å². The molecule has 0 atom stereocenters. The lowest BCUT2D eigenvalue weighted by atomic mass is 9.89. The Morgan fingerprint density at radius 3 is 2.39 bits per heavy atom. The van der Waals surface area contributed by atoms with Gasteiger partial charge in [0.15, 0.2) is 5.78 Å². The quantitative estimate of drug-likeness (QED) is 0.782. The summed E-state index contributed by atoms with van der Waals surface area (Å²) in [5.41, 5.74) is -0.204. The van der Waals surface area contributed by atoms with Crippen LogP contribution in [0.2, 0.25) is 4.34 Å². The Labute approximate surface area is 117 Å². The van der Waals surface area contributed by atoms with E-state index in [2.05, 4.69) is 4.90 Å². The van der Waals surface area contributed by atoms with Crippen LogP contribution in [0, 0.1) is 0 Å². The van der Waals surface area contributed by atoms with E-state index >= 15 is 0 Å². The molecular weight excluding hydrogens is 266 g/mol. The molecule has 2 aliphatic rings. The maximum absolute atomic E-state index is 12.9. The smallest absolute Gasteiger partial charge is 0.193 e. The van der Waals surface area contributed by atoms with Crippen molar-refractivity contribution in [2.75, 3.05) is 13.1 Å². The van der Waals surface area contributed by atoms with Crippen molar-refractivity contribution >= 4 is 28.7 Å². The highest BCUT2D eigenvalue weighted by Crippen LogP contribution is 2.41. The molecule has 18 heavy (non-hydrogen) atoms. The lowest BCUT2D eigenvalue weighted by Gasteiger charge is -2.37. The normalized spacial score (nSPS) is 23.6. The molecule has 0 bridgehead atoms. The molecule has 0 N–H and O–H groups in total. The van der Waals surface area contributed by atoms with E-state index in [1.807, 2.05) is 12.1 Å². The van der Waals surface area contributed by atoms with Gasteiger partial charge in [-0.15, -0.1) is 11.3 Å². The van der Waals surface area contributed by atoms with E-state index in [1.165, 1.54) is 37.0 Å². The number of ketones is 1. The van der Waals surface area contributed by atoms with E-state index in [0.29, 0.717) is 10.1 Å². The van der Waals surface area contributed by atoms with Gasteiger partial charge in [0, 0.05) is 0 Å². The first kappa shape index (κ1) is 12.6. The zero-order valence-electron chi connectivity index (χ0n) is 10.5. The van der Waals surface area contributed by atoms with E-state index in [4.69, 9.17) is 11.6 Å². The molecule has 0 spiro atoms. The van der Waals surface area contributed by atoms with E-state index < -0.39 is 0 Å². The minimum absolute atomic E-state index is 0.204. The van der Waals surface area contributed by atoms with Gasteiger partial charge in [0.25, 0.3) is 0 Å². The van der Waals surface area contributed by atoms with Crippen LogP contribution >= 0.6 is 22.9 Å². The maximum Gasteiger partial charge on any atom is 0.193 e. The van der Waals surface area contributed by atoms with E-state index in [0.717, 1.165) is 30.8 Å². The molecule has 2 heterocycles. The van der Waals surface area contributed by atoms with Crippen LogP contribution in [0.1, 0.15) is 48.2 Å². The predicted octanol–water partition coefficient (Wildman–Crippen LogP) is 3.99. The standard InChI is InChI=1S/C14H18ClNOS/c15-12-6-5-11(18-12)13(17)14(7-1-2-8-14)16-9-3-4-10-16/h5-6H,1-4,7-10H2. The largest absolute Gasteiger partial charge is 0.291 e. The van der Waals surface area contributed by atoms with Crippen molar-refractivity contribution in [2.45, 2.75) is 44.1 Å². The maximum atomic E-state index is 12.9. The van der Waals surface area contributed by atoms with Crippen molar-refractivity contribution in [1.29, 1.82) is 0 Å². The van der Waals surface area contributed by atoms with E-state index in [9.17, 15) is 4.79 Å². The van der Waals surface area contributed by atoms with Crippen LogP contribution in [0.3, 0.4) is 0 Å². The highest BCUT2D eigenvalue weighted by atomic mass is 35.5. The van der Waals surface area contributed by atoms with Crippen molar-refractivity contribution in [2.24, 2.45) is 0 Å². The molecule has 2 fully saturated rings. The van der Waals surface area contributed by atoms with Crippen LogP contribution in [0.25, 0.3) is 0 Å². The predicted molar refractivity (Wildman–Crippen MR) is 75.7 cm³/mol. The second-order valence-electron chi connectivity index (χ2n) is 5.37. The lowest BCUT2D eigenvalue weighted by molar-refractivity contribution is 0.0631. The van der Waals surface area contributed by atoms with Crippen LogP contribution in [0.4, 0.5) is 0 Å². The molecular formula is C14H18ClNOS. The van der Waals surface area contributed by atoms with Gasteiger partial charge in [0.05, 0.1) is 14.8 Å². The Kier molecular flexibility index (Phi) is 3.48. The molecule has 0 radical (unpaired) electrons. The summed E-state index contributed by atoms with van der Waals surface area (Å²) in [5, 5.41) is 0. The molecule has 0 amide bonds. The molecule has 1 aromatic rings. The Bertz CT molecular complexity index is 444. The second-order valence-corrected chi connectivity index (χ2v) is 7.08. The van der Waals surface area contributed by atoms with Crippen molar-refractivity contribution < 1.29 is 4.79 Å². The Morgan fingerprint density at radius 2 is 1.83 bits per heavy atom. The number of rotatable bonds is 3. The molecule has 2 nitrogen and oxygen atoms in total. The molecule has 0 unspecified atom stereocenters. The minimum Gasteiger partial charge on any atom is -0.291 e. The van der Waals surface area contributed by atoms with E-state index in [-0.39, 0.29) is 5.54 Å². The van der Waals surface area contributed by atoms with Gasteiger partial charge in [-0.1, -0.05) is 24.4 Å². The van der Waals surface area contributed by atoms with Crippen molar-refractivity contribution in [3.63, 3.8) is 0 Å². The summed E-state index contributed by atoms with van der Waals surface area (Å²) in [4.78, 5) is 16.2. The molecule has 1 aliphatic heterocycles. The van der Waals surface area contributed by atoms with Crippen LogP contribution in [0.5, 0.6) is 0 Å². The number of carbonyl (C=O) groups excluding carboxylic acids is 1. The van der Waals surface area contributed by atoms with Crippen molar-refractivity contribution in [3.8, 4) is 0 Å². The third-order valence-corrected chi connectivity index (χ3v) is 5.59. The number of hydrogen-bond donors (Lipinski definition) is 0. The summed E-state index contributed by atoms with van der Waals surface area (Å²) in [5.74, 6) is 0.318. The van der Waals surface area contributed by atoms with E-state index in [1.54, 1.807) is 0 Å². The summed E-state index contributed by atoms with van der Waals surface area (Å²) in [6.45, 7) is 2.18. The lowest BCUT2D eigenvalue weighted by Crippen LogP contribution is -2.51. The fraction of sp³-hybridized carbons (Fsp3) is 0.643. The number of nitrogens with zero attached hydrogens (tertiary/aromatic N) is 1. The summed E-state index contributed by atoms with van der Waals surface area (Å²) >= 11 is 7.40. The summed E-state index contributed by atoms with van der Waals surface area (Å²) < 4.78 is 0.716. The Morgan fingerprint density at radius 1 is 1.17 bits per heavy atom. The minimum atomic E-state index is -0.204. The summed E-state index contributed by atoms with van der Waals surface area (Å²) in [6, 6.07) is 3.73. The van der Waals surface area contributed by atoms with Crippen molar-refractivity contribution in [3.05, 3.63) is 21.3 Å². The Balaban J connectivity index is 1.91. The first-order valence-electron chi connectivity index (χ1n) is 6.78. The zero-order chi connectivity index (χ0) is 12.6. The third kappa shape index (κ3) is 2.02. The van der Waals surface area contributed by atoms with Crippen LogP contribution in [0.15, 0.2) is 12.1 Å². The monoisotopic (exact) mass is 283 g/mol. The fourth-order valence-electron chi connectivity index (χ4n) is 3.46. The molecule has 1 saturated carbocycles. The average Bonchev–Trinajstić information content (AvgIpc) is 3.09. The number of carbonyl (C=O) groups is 1. The first-order chi connectivity index (χ1) is 8.72. The number of halogens is 1. The molecule has 3 rings (SSSR count). The van der Waals surface area contributed by atoms with Gasteiger partial charge in [-0.3, -0.25) is 9.69 Å². The molecule has 1 aliphatic carbocycles. The molecule has 1 aromatic heterocycles. The third-order valence-electron chi connectivity index (χ3n) is 4.36. The van der Waals surface area contributed by atoms with Gasteiger partial charge >= 0.3 is 0 Å². The molecule has 0 aromatic carbocycles. The van der Waals surface area contributed by atoms with Crippen LogP contribution in [-0.4, -0.2) is 29.3 Å². The number of hydrogen-bond acceptors (Lipinski definition) is 3. The number of thiophene rings is 1. The molecule has 1 saturated heterocycles. The highest BCUT2D eigenvalue weighted by molar-refractivity contribution is 7.18. The van der Waals surface area contributed by atoms with Crippen LogP contribution in [-0.2, 0) is 0 Å². The van der Waals surface area contributed by atoms with Gasteiger partial charge in [-0.2, -0.15) is 0 Å².